The zero-order chi connectivity index (χ0) is 15.0. The molecular formula is C14H21FN2O3. The van der Waals surface area contributed by atoms with Crippen LogP contribution in [0.4, 0.5) is 4.39 Å². The number of carbonyl (C=O) groups excluding carboxylic acids is 1. The fraction of sp³-hybridized carbons (Fsp3) is 0.500. The maximum Gasteiger partial charge on any atom is 0.222 e. The van der Waals surface area contributed by atoms with Crippen molar-refractivity contribution in [2.24, 2.45) is 5.73 Å². The minimum absolute atomic E-state index is 0.153. The summed E-state index contributed by atoms with van der Waals surface area (Å²) in [6, 6.07) is 4.68. The molecule has 0 radical (unpaired) electrons. The fourth-order valence-electron chi connectivity index (χ4n) is 1.75. The summed E-state index contributed by atoms with van der Waals surface area (Å²) in [7, 11) is 3.02. The summed E-state index contributed by atoms with van der Waals surface area (Å²) in [5.41, 5.74) is 6.73. The minimum Gasteiger partial charge on any atom is -0.380 e. The number of hydrogen-bond donors (Lipinski definition) is 2. The van der Waals surface area contributed by atoms with Crippen molar-refractivity contribution in [3.05, 3.63) is 35.1 Å². The molecule has 1 aromatic rings. The Morgan fingerprint density at radius 2 is 2.20 bits per heavy atom. The number of carbonyl (C=O) groups is 1. The first kappa shape index (κ1) is 16.6. The summed E-state index contributed by atoms with van der Waals surface area (Å²) >= 11 is 0. The molecule has 0 spiro atoms. The predicted octanol–water partition coefficient (Wildman–Crippen LogP) is 0.952. The molecule has 0 aliphatic heterocycles. The van der Waals surface area contributed by atoms with E-state index in [1.807, 2.05) is 0 Å². The molecule has 0 saturated heterocycles. The predicted molar refractivity (Wildman–Crippen MR) is 73.4 cm³/mol. The van der Waals surface area contributed by atoms with E-state index in [1.165, 1.54) is 20.3 Å². The van der Waals surface area contributed by atoms with Gasteiger partial charge in [0.1, 0.15) is 5.82 Å². The molecule has 5 nitrogen and oxygen atoms in total. The van der Waals surface area contributed by atoms with Crippen molar-refractivity contribution >= 4 is 5.91 Å². The lowest BCUT2D eigenvalue weighted by molar-refractivity contribution is -0.123. The Balaban J connectivity index is 2.52. The van der Waals surface area contributed by atoms with Crippen LogP contribution in [0.15, 0.2) is 18.2 Å². The zero-order valence-electron chi connectivity index (χ0n) is 11.8. The van der Waals surface area contributed by atoms with Gasteiger partial charge in [0.05, 0.1) is 19.1 Å². The highest BCUT2D eigenvalue weighted by Crippen LogP contribution is 2.11. The third-order valence-corrected chi connectivity index (χ3v) is 2.91. The van der Waals surface area contributed by atoms with Crippen LogP contribution in [0.2, 0.25) is 0 Å². The maximum atomic E-state index is 13.4. The van der Waals surface area contributed by atoms with Gasteiger partial charge in [0, 0.05) is 32.9 Å². The van der Waals surface area contributed by atoms with Crippen LogP contribution in [0, 0.1) is 5.82 Å². The molecule has 20 heavy (non-hydrogen) atoms. The molecule has 1 rings (SSSR count). The van der Waals surface area contributed by atoms with Crippen molar-refractivity contribution in [1.82, 2.24) is 5.32 Å². The van der Waals surface area contributed by atoms with Gasteiger partial charge in [-0.05, 0) is 17.7 Å². The highest BCUT2D eigenvalue weighted by molar-refractivity contribution is 5.76. The topological polar surface area (TPSA) is 73.6 Å². The van der Waals surface area contributed by atoms with Crippen LogP contribution in [0.1, 0.15) is 17.5 Å². The molecule has 0 fully saturated rings. The number of rotatable bonds is 8. The smallest absolute Gasteiger partial charge is 0.222 e. The lowest BCUT2D eigenvalue weighted by atomic mass is 10.1. The Labute approximate surface area is 118 Å². The molecule has 1 atom stereocenters. The monoisotopic (exact) mass is 284 g/mol. The van der Waals surface area contributed by atoms with Crippen LogP contribution >= 0.6 is 0 Å². The summed E-state index contributed by atoms with van der Waals surface area (Å²) in [6.07, 6.45) is -0.0775. The average Bonchev–Trinajstić information content (AvgIpc) is 2.45. The molecule has 0 heterocycles. The standard InChI is InChI=1S/C14H21FN2O3/c1-19-9-11-5-10(3-4-13(11)15)8-17-14(18)6-12(7-16)20-2/h3-5,12H,6-9,16H2,1-2H3,(H,17,18). The Morgan fingerprint density at radius 3 is 2.80 bits per heavy atom. The Bertz CT molecular complexity index is 436. The molecule has 0 aliphatic carbocycles. The van der Waals surface area contributed by atoms with Gasteiger partial charge in [-0.2, -0.15) is 0 Å². The first-order valence-electron chi connectivity index (χ1n) is 6.36. The number of benzene rings is 1. The molecule has 0 saturated carbocycles. The Morgan fingerprint density at radius 1 is 1.45 bits per heavy atom. The summed E-state index contributed by atoms with van der Waals surface area (Å²) < 4.78 is 23.4. The van der Waals surface area contributed by atoms with E-state index in [0.29, 0.717) is 18.7 Å². The SMILES string of the molecule is COCc1cc(CNC(=O)CC(CN)OC)ccc1F. The second-order valence-corrected chi connectivity index (χ2v) is 4.43. The number of ether oxygens (including phenoxy) is 2. The van der Waals surface area contributed by atoms with E-state index in [9.17, 15) is 9.18 Å². The van der Waals surface area contributed by atoms with Crippen molar-refractivity contribution in [2.45, 2.75) is 25.7 Å². The Hall–Kier alpha value is -1.50. The van der Waals surface area contributed by atoms with E-state index in [2.05, 4.69) is 5.32 Å². The van der Waals surface area contributed by atoms with E-state index in [-0.39, 0.29) is 30.9 Å². The van der Waals surface area contributed by atoms with Gasteiger partial charge in [0.25, 0.3) is 0 Å². The summed E-state index contributed by atoms with van der Waals surface area (Å²) in [4.78, 5) is 11.7. The third-order valence-electron chi connectivity index (χ3n) is 2.91. The lowest BCUT2D eigenvalue weighted by Gasteiger charge is -2.13. The third kappa shape index (κ3) is 5.24. The van der Waals surface area contributed by atoms with Crippen LogP contribution in [0.25, 0.3) is 0 Å². The van der Waals surface area contributed by atoms with Gasteiger partial charge in [-0.3, -0.25) is 4.79 Å². The van der Waals surface area contributed by atoms with Crippen molar-refractivity contribution < 1.29 is 18.7 Å². The van der Waals surface area contributed by atoms with Gasteiger partial charge in [-0.15, -0.1) is 0 Å². The van der Waals surface area contributed by atoms with E-state index < -0.39 is 0 Å². The largest absolute Gasteiger partial charge is 0.380 e. The molecule has 3 N–H and O–H groups in total. The normalized spacial score (nSPS) is 12.2. The first-order chi connectivity index (χ1) is 9.60. The van der Waals surface area contributed by atoms with Gasteiger partial charge in [-0.25, -0.2) is 4.39 Å². The first-order valence-corrected chi connectivity index (χ1v) is 6.36. The molecule has 1 amide bonds. The summed E-state index contributed by atoms with van der Waals surface area (Å²) in [6.45, 7) is 0.821. The van der Waals surface area contributed by atoms with E-state index in [4.69, 9.17) is 15.2 Å². The summed E-state index contributed by atoms with van der Waals surface area (Å²) in [5.74, 6) is -0.468. The van der Waals surface area contributed by atoms with Crippen molar-refractivity contribution in [1.29, 1.82) is 0 Å². The molecule has 0 bridgehead atoms. The highest BCUT2D eigenvalue weighted by Gasteiger charge is 2.11. The minimum atomic E-state index is -0.315. The summed E-state index contributed by atoms with van der Waals surface area (Å²) in [5, 5.41) is 2.75. The van der Waals surface area contributed by atoms with E-state index in [0.717, 1.165) is 5.56 Å². The highest BCUT2D eigenvalue weighted by atomic mass is 19.1. The van der Waals surface area contributed by atoms with Gasteiger partial charge < -0.3 is 20.5 Å². The van der Waals surface area contributed by atoms with Gasteiger partial charge >= 0.3 is 0 Å². The molecular weight excluding hydrogens is 263 g/mol. The van der Waals surface area contributed by atoms with Crippen LogP contribution < -0.4 is 11.1 Å². The number of amides is 1. The molecule has 1 aromatic carbocycles. The molecule has 1 unspecified atom stereocenters. The molecule has 0 aliphatic rings. The number of methoxy groups -OCH3 is 2. The van der Waals surface area contributed by atoms with E-state index >= 15 is 0 Å². The van der Waals surface area contributed by atoms with Gasteiger partial charge in [0.15, 0.2) is 0 Å². The molecule has 112 valence electrons. The lowest BCUT2D eigenvalue weighted by Crippen LogP contribution is -2.31. The maximum absolute atomic E-state index is 13.4. The quantitative estimate of drug-likeness (QED) is 0.745. The van der Waals surface area contributed by atoms with Crippen LogP contribution in [0.5, 0.6) is 0 Å². The van der Waals surface area contributed by atoms with Crippen molar-refractivity contribution in [2.75, 3.05) is 20.8 Å². The van der Waals surface area contributed by atoms with Crippen LogP contribution in [-0.2, 0) is 27.4 Å². The van der Waals surface area contributed by atoms with Crippen molar-refractivity contribution in [3.8, 4) is 0 Å². The van der Waals surface area contributed by atoms with Gasteiger partial charge in [0.2, 0.25) is 5.91 Å². The van der Waals surface area contributed by atoms with Crippen LogP contribution in [-0.4, -0.2) is 32.8 Å². The Kier molecular flexibility index (Phi) is 7.14. The second-order valence-electron chi connectivity index (χ2n) is 4.43. The fourth-order valence-corrected chi connectivity index (χ4v) is 1.75. The van der Waals surface area contributed by atoms with E-state index in [1.54, 1.807) is 12.1 Å². The molecule has 6 heteroatoms. The average molecular weight is 284 g/mol. The zero-order valence-corrected chi connectivity index (χ0v) is 11.8. The van der Waals surface area contributed by atoms with Crippen molar-refractivity contribution in [3.63, 3.8) is 0 Å². The number of nitrogens with one attached hydrogen (secondary N) is 1. The second kappa shape index (κ2) is 8.63. The number of halogens is 1. The van der Waals surface area contributed by atoms with Crippen LogP contribution in [0.3, 0.4) is 0 Å². The molecule has 0 aromatic heterocycles. The number of nitrogens with two attached hydrogens (primary N) is 1. The van der Waals surface area contributed by atoms with Gasteiger partial charge in [-0.1, -0.05) is 6.07 Å². The number of hydrogen-bond acceptors (Lipinski definition) is 4.